The summed E-state index contributed by atoms with van der Waals surface area (Å²) in [6, 6.07) is 5.99. The van der Waals surface area contributed by atoms with Gasteiger partial charge >= 0.3 is 0 Å². The van der Waals surface area contributed by atoms with E-state index in [1.807, 2.05) is 31.4 Å². The Bertz CT molecular complexity index is 372. The molecule has 0 atom stereocenters. The van der Waals surface area contributed by atoms with E-state index < -0.39 is 0 Å². The van der Waals surface area contributed by atoms with Crippen molar-refractivity contribution in [3.8, 4) is 0 Å². The summed E-state index contributed by atoms with van der Waals surface area (Å²) in [4.78, 5) is 7.33. The number of nitrogens with zero attached hydrogens (tertiary/aromatic N) is 1. The Morgan fingerprint density at radius 1 is 1.23 bits per heavy atom. The molecule has 2 heterocycles. The molecule has 0 radical (unpaired) electrons. The Balaban J connectivity index is 0.000000720. The molecule has 0 aliphatic rings. The van der Waals surface area contributed by atoms with Crippen LogP contribution >= 0.6 is 24.8 Å². The third-order valence-corrected chi connectivity index (χ3v) is 1.67. The highest BCUT2D eigenvalue weighted by molar-refractivity contribution is 5.85. The molecular formula is C8H11Cl2N3. The van der Waals surface area contributed by atoms with Crippen molar-refractivity contribution in [2.75, 3.05) is 12.4 Å². The van der Waals surface area contributed by atoms with Gasteiger partial charge in [0.15, 0.2) is 0 Å². The van der Waals surface area contributed by atoms with E-state index in [1.165, 1.54) is 0 Å². The average molecular weight is 220 g/mol. The Hall–Kier alpha value is -0.930. The van der Waals surface area contributed by atoms with Gasteiger partial charge in [-0.1, -0.05) is 0 Å². The molecule has 2 N–H and O–H groups in total. The minimum Gasteiger partial charge on any atom is -0.373 e. The molecule has 0 spiro atoms. The number of halogens is 2. The summed E-state index contributed by atoms with van der Waals surface area (Å²) in [5.41, 5.74) is 0.928. The van der Waals surface area contributed by atoms with Gasteiger partial charge in [-0.05, 0) is 18.2 Å². The third-order valence-electron chi connectivity index (χ3n) is 1.67. The van der Waals surface area contributed by atoms with Crippen LogP contribution < -0.4 is 5.32 Å². The summed E-state index contributed by atoms with van der Waals surface area (Å²) in [6.07, 6.45) is 1.89. The van der Waals surface area contributed by atoms with E-state index >= 15 is 0 Å². The van der Waals surface area contributed by atoms with E-state index in [4.69, 9.17) is 0 Å². The van der Waals surface area contributed by atoms with Crippen LogP contribution in [0.1, 0.15) is 0 Å². The molecule has 5 heteroatoms. The van der Waals surface area contributed by atoms with Gasteiger partial charge in [0.25, 0.3) is 0 Å². The Morgan fingerprint density at radius 2 is 2.00 bits per heavy atom. The molecule has 3 nitrogen and oxygen atoms in total. The van der Waals surface area contributed by atoms with Crippen LogP contribution in [0.4, 0.5) is 5.82 Å². The van der Waals surface area contributed by atoms with Crippen LogP contribution in [0.2, 0.25) is 0 Å². The van der Waals surface area contributed by atoms with Gasteiger partial charge in [0.05, 0.1) is 0 Å². The number of anilines is 1. The van der Waals surface area contributed by atoms with E-state index in [0.29, 0.717) is 0 Å². The lowest BCUT2D eigenvalue weighted by atomic mass is 10.3. The summed E-state index contributed by atoms with van der Waals surface area (Å²) >= 11 is 0. The number of nitrogens with one attached hydrogen (secondary N) is 2. The van der Waals surface area contributed by atoms with Crippen LogP contribution in [0.5, 0.6) is 0 Å². The molecule has 0 amide bonds. The molecule has 0 saturated carbocycles. The zero-order chi connectivity index (χ0) is 7.68. The van der Waals surface area contributed by atoms with Crippen LogP contribution in [0.3, 0.4) is 0 Å². The highest BCUT2D eigenvalue weighted by atomic mass is 35.5. The number of pyridine rings is 1. The maximum atomic E-state index is 4.29. The summed E-state index contributed by atoms with van der Waals surface area (Å²) in [7, 11) is 1.86. The molecule has 0 bridgehead atoms. The van der Waals surface area contributed by atoms with Crippen molar-refractivity contribution < 1.29 is 0 Å². The lowest BCUT2D eigenvalue weighted by molar-refractivity contribution is 1.29. The normalized spacial score (nSPS) is 8.69. The molecule has 2 aromatic rings. The Kier molecular flexibility index (Phi) is 4.59. The molecule has 0 aliphatic carbocycles. The third kappa shape index (κ3) is 2.26. The fourth-order valence-corrected chi connectivity index (χ4v) is 1.07. The molecule has 2 rings (SSSR count). The number of hydrogen-bond donors (Lipinski definition) is 2. The molecular weight excluding hydrogens is 209 g/mol. The van der Waals surface area contributed by atoms with Crippen LogP contribution in [-0.2, 0) is 0 Å². The van der Waals surface area contributed by atoms with Crippen molar-refractivity contribution in [3.63, 3.8) is 0 Å². The van der Waals surface area contributed by atoms with Crippen molar-refractivity contribution in [3.05, 3.63) is 24.4 Å². The van der Waals surface area contributed by atoms with Crippen molar-refractivity contribution in [2.45, 2.75) is 0 Å². The first kappa shape index (κ1) is 12.1. The van der Waals surface area contributed by atoms with Gasteiger partial charge in [-0.3, -0.25) is 0 Å². The van der Waals surface area contributed by atoms with Gasteiger partial charge < -0.3 is 10.3 Å². The summed E-state index contributed by atoms with van der Waals surface area (Å²) in [6.45, 7) is 0. The minimum absolute atomic E-state index is 0. The van der Waals surface area contributed by atoms with E-state index in [-0.39, 0.29) is 24.8 Å². The van der Waals surface area contributed by atoms with Crippen LogP contribution in [0.15, 0.2) is 24.4 Å². The fraction of sp³-hybridized carbons (Fsp3) is 0.125. The monoisotopic (exact) mass is 219 g/mol. The van der Waals surface area contributed by atoms with Crippen molar-refractivity contribution in [1.29, 1.82) is 0 Å². The smallest absolute Gasteiger partial charge is 0.139 e. The molecule has 0 aliphatic heterocycles. The van der Waals surface area contributed by atoms with Gasteiger partial charge in [-0.2, -0.15) is 0 Å². The van der Waals surface area contributed by atoms with Crippen LogP contribution in [0, 0.1) is 0 Å². The molecule has 0 unspecified atom stereocenters. The Morgan fingerprint density at radius 3 is 2.69 bits per heavy atom. The number of rotatable bonds is 1. The summed E-state index contributed by atoms with van der Waals surface area (Å²) in [5.74, 6) is 0.889. The standard InChI is InChI=1S/C8H9N3.2ClH/c1-9-7-3-2-6-4-5-10-8(6)11-7;;/h2-5H,1H3,(H2,9,10,11);2*1H. The number of fused-ring (bicyclic) bond motifs is 1. The molecule has 2 aromatic heterocycles. The quantitative estimate of drug-likeness (QED) is 0.774. The summed E-state index contributed by atoms with van der Waals surface area (Å²) in [5, 5.41) is 4.12. The predicted octanol–water partition coefficient (Wildman–Crippen LogP) is 2.45. The SMILES string of the molecule is CNc1ccc2cc[nH]c2n1.Cl.Cl. The maximum Gasteiger partial charge on any atom is 0.139 e. The van der Waals surface area contributed by atoms with E-state index in [2.05, 4.69) is 15.3 Å². The van der Waals surface area contributed by atoms with Gasteiger partial charge in [0.1, 0.15) is 11.5 Å². The van der Waals surface area contributed by atoms with Crippen molar-refractivity contribution in [1.82, 2.24) is 9.97 Å². The lowest BCUT2D eigenvalue weighted by Crippen LogP contribution is -1.90. The molecule has 0 saturated heterocycles. The highest BCUT2D eigenvalue weighted by Crippen LogP contribution is 2.11. The van der Waals surface area contributed by atoms with Crippen LogP contribution in [0.25, 0.3) is 11.0 Å². The second-order valence-electron chi connectivity index (χ2n) is 2.36. The summed E-state index contributed by atoms with van der Waals surface area (Å²) < 4.78 is 0. The van der Waals surface area contributed by atoms with Gasteiger partial charge in [0, 0.05) is 18.6 Å². The van der Waals surface area contributed by atoms with Gasteiger partial charge in [-0.15, -0.1) is 24.8 Å². The maximum absolute atomic E-state index is 4.29. The molecule has 13 heavy (non-hydrogen) atoms. The average Bonchev–Trinajstić information content (AvgIpc) is 2.50. The van der Waals surface area contributed by atoms with E-state index in [9.17, 15) is 0 Å². The second kappa shape index (κ2) is 4.94. The highest BCUT2D eigenvalue weighted by Gasteiger charge is 1.94. The minimum atomic E-state index is 0. The number of hydrogen-bond acceptors (Lipinski definition) is 2. The number of aromatic nitrogens is 2. The molecule has 72 valence electrons. The first-order valence-corrected chi connectivity index (χ1v) is 3.52. The first-order chi connectivity index (χ1) is 5.40. The van der Waals surface area contributed by atoms with Crippen molar-refractivity contribution >= 4 is 41.7 Å². The number of H-pyrrole nitrogens is 1. The lowest BCUT2D eigenvalue weighted by Gasteiger charge is -1.96. The van der Waals surface area contributed by atoms with E-state index in [1.54, 1.807) is 0 Å². The van der Waals surface area contributed by atoms with Gasteiger partial charge in [-0.25, -0.2) is 4.98 Å². The van der Waals surface area contributed by atoms with E-state index in [0.717, 1.165) is 16.9 Å². The van der Waals surface area contributed by atoms with Gasteiger partial charge in [0.2, 0.25) is 0 Å². The number of aromatic amines is 1. The fourth-order valence-electron chi connectivity index (χ4n) is 1.07. The second-order valence-corrected chi connectivity index (χ2v) is 2.36. The molecule has 0 aromatic carbocycles. The zero-order valence-electron chi connectivity index (χ0n) is 7.07. The largest absolute Gasteiger partial charge is 0.373 e. The zero-order valence-corrected chi connectivity index (χ0v) is 8.71. The Labute approximate surface area is 88.8 Å². The first-order valence-electron chi connectivity index (χ1n) is 3.52. The van der Waals surface area contributed by atoms with Crippen molar-refractivity contribution in [2.24, 2.45) is 0 Å². The predicted molar refractivity (Wildman–Crippen MR) is 60.1 cm³/mol. The topological polar surface area (TPSA) is 40.7 Å². The molecule has 0 fully saturated rings. The van der Waals surface area contributed by atoms with Crippen LogP contribution in [-0.4, -0.2) is 17.0 Å².